The number of aromatic nitrogens is 2. The van der Waals surface area contributed by atoms with Crippen LogP contribution in [-0.4, -0.2) is 35.0 Å². The van der Waals surface area contributed by atoms with E-state index in [9.17, 15) is 0 Å². The Morgan fingerprint density at radius 2 is 2.00 bits per heavy atom. The number of ether oxygens (including phenoxy) is 1. The molecule has 0 fully saturated rings. The number of aryl methyl sites for hydroxylation is 1. The van der Waals surface area contributed by atoms with Gasteiger partial charge in [-0.3, -0.25) is 4.68 Å². The third-order valence-electron chi connectivity index (χ3n) is 2.95. The van der Waals surface area contributed by atoms with Crippen molar-refractivity contribution in [1.29, 1.82) is 0 Å². The Labute approximate surface area is 144 Å². The molecule has 1 aromatic rings. The third-order valence-corrected chi connectivity index (χ3v) is 2.95. The van der Waals surface area contributed by atoms with E-state index in [2.05, 4.69) is 36.2 Å². The summed E-state index contributed by atoms with van der Waals surface area (Å²) in [6, 6.07) is 0. The molecular weight excluding hydrogens is 381 g/mol. The first kappa shape index (κ1) is 20.2. The van der Waals surface area contributed by atoms with Gasteiger partial charge in [0.15, 0.2) is 5.96 Å². The van der Waals surface area contributed by atoms with Crippen LogP contribution >= 0.6 is 24.0 Å². The average molecular weight is 409 g/mol. The molecule has 0 saturated carbocycles. The van der Waals surface area contributed by atoms with Gasteiger partial charge >= 0.3 is 0 Å². The average Bonchev–Trinajstić information content (AvgIpc) is 2.57. The van der Waals surface area contributed by atoms with Crippen LogP contribution in [0.3, 0.4) is 0 Å². The molecule has 0 radical (unpaired) electrons. The van der Waals surface area contributed by atoms with Crippen LogP contribution in [0.4, 0.5) is 0 Å². The van der Waals surface area contributed by atoms with Crippen LogP contribution in [-0.2, 0) is 17.8 Å². The first-order valence-electron chi connectivity index (χ1n) is 6.84. The summed E-state index contributed by atoms with van der Waals surface area (Å²) >= 11 is 0. The maximum atomic E-state index is 5.89. The second kappa shape index (κ2) is 8.57. The van der Waals surface area contributed by atoms with Crippen LogP contribution in [0, 0.1) is 13.8 Å². The molecule has 0 spiro atoms. The van der Waals surface area contributed by atoms with E-state index in [4.69, 9.17) is 10.5 Å². The molecule has 1 aromatic heterocycles. The standard InChI is InChI=1S/C14H27N5O.HI/c1-10-12(9-16-13(15)17-14(3,4)5)11(2)19(18-10)7-8-20-6;/h7-9H2,1-6H3,(H3,15,16,17);1H. The number of hydrogen-bond acceptors (Lipinski definition) is 3. The van der Waals surface area contributed by atoms with E-state index in [-0.39, 0.29) is 29.5 Å². The molecule has 1 rings (SSSR count). The maximum Gasteiger partial charge on any atom is 0.189 e. The highest BCUT2D eigenvalue weighted by Gasteiger charge is 2.12. The molecule has 1 heterocycles. The van der Waals surface area contributed by atoms with Crippen LogP contribution in [0.15, 0.2) is 4.99 Å². The van der Waals surface area contributed by atoms with Gasteiger partial charge in [0.2, 0.25) is 0 Å². The highest BCUT2D eigenvalue weighted by atomic mass is 127. The molecule has 0 aliphatic heterocycles. The van der Waals surface area contributed by atoms with Gasteiger partial charge in [-0.05, 0) is 34.6 Å². The Morgan fingerprint density at radius 1 is 1.38 bits per heavy atom. The van der Waals surface area contributed by atoms with Gasteiger partial charge in [0.1, 0.15) is 0 Å². The Morgan fingerprint density at radius 3 is 2.52 bits per heavy atom. The van der Waals surface area contributed by atoms with Crippen LogP contribution < -0.4 is 11.1 Å². The Hall–Kier alpha value is -0.830. The molecule has 0 amide bonds. The molecule has 122 valence electrons. The summed E-state index contributed by atoms with van der Waals surface area (Å²) in [4.78, 5) is 4.39. The molecule has 21 heavy (non-hydrogen) atoms. The van der Waals surface area contributed by atoms with Crippen molar-refractivity contribution in [2.45, 2.75) is 53.2 Å². The zero-order chi connectivity index (χ0) is 15.3. The third kappa shape index (κ3) is 6.64. The van der Waals surface area contributed by atoms with Crippen molar-refractivity contribution in [2.24, 2.45) is 10.7 Å². The number of halogens is 1. The minimum absolute atomic E-state index is 0. The second-order valence-corrected chi connectivity index (χ2v) is 5.94. The topological polar surface area (TPSA) is 77.5 Å². The number of rotatable bonds is 5. The quantitative estimate of drug-likeness (QED) is 0.443. The van der Waals surface area contributed by atoms with Crippen LogP contribution in [0.2, 0.25) is 0 Å². The smallest absolute Gasteiger partial charge is 0.189 e. The molecule has 0 unspecified atom stereocenters. The molecule has 7 heteroatoms. The van der Waals surface area contributed by atoms with E-state index in [0.717, 1.165) is 23.5 Å². The molecule has 0 saturated heterocycles. The summed E-state index contributed by atoms with van der Waals surface area (Å²) in [6.07, 6.45) is 0. The van der Waals surface area contributed by atoms with Gasteiger partial charge in [0.05, 0.1) is 25.4 Å². The molecule has 0 aliphatic rings. The Bertz CT molecular complexity index is 476. The van der Waals surface area contributed by atoms with Crippen molar-refractivity contribution in [2.75, 3.05) is 13.7 Å². The van der Waals surface area contributed by atoms with E-state index in [0.29, 0.717) is 19.1 Å². The summed E-state index contributed by atoms with van der Waals surface area (Å²) in [7, 11) is 1.69. The second-order valence-electron chi connectivity index (χ2n) is 5.94. The first-order valence-corrected chi connectivity index (χ1v) is 6.84. The maximum absolute atomic E-state index is 5.89. The van der Waals surface area contributed by atoms with Gasteiger partial charge in [-0.1, -0.05) is 0 Å². The number of methoxy groups -OCH3 is 1. The van der Waals surface area contributed by atoms with E-state index in [1.807, 2.05) is 18.5 Å². The fourth-order valence-electron chi connectivity index (χ4n) is 1.95. The lowest BCUT2D eigenvalue weighted by Gasteiger charge is -2.21. The zero-order valence-corrected chi connectivity index (χ0v) is 16.2. The van der Waals surface area contributed by atoms with Crippen LogP contribution in [0.25, 0.3) is 0 Å². The SMILES string of the molecule is COCCn1nc(C)c(CN=C(N)NC(C)(C)C)c1C.I. The Balaban J connectivity index is 0.00000400. The summed E-state index contributed by atoms with van der Waals surface area (Å²) < 4.78 is 7.04. The molecule has 0 atom stereocenters. The molecule has 3 N–H and O–H groups in total. The van der Waals surface area contributed by atoms with Crippen LogP contribution in [0.5, 0.6) is 0 Å². The summed E-state index contributed by atoms with van der Waals surface area (Å²) in [6.45, 7) is 12.1. The number of nitrogens with one attached hydrogen (secondary N) is 1. The van der Waals surface area contributed by atoms with Crippen molar-refractivity contribution in [3.8, 4) is 0 Å². The summed E-state index contributed by atoms with van der Waals surface area (Å²) in [5.41, 5.74) is 9.04. The van der Waals surface area contributed by atoms with E-state index < -0.39 is 0 Å². The number of nitrogens with two attached hydrogens (primary N) is 1. The van der Waals surface area contributed by atoms with Crippen LogP contribution in [0.1, 0.15) is 37.7 Å². The minimum Gasteiger partial charge on any atom is -0.383 e. The highest BCUT2D eigenvalue weighted by Crippen LogP contribution is 2.14. The van der Waals surface area contributed by atoms with Gasteiger partial charge in [0, 0.05) is 23.9 Å². The number of guanidine groups is 1. The fourth-order valence-corrected chi connectivity index (χ4v) is 1.95. The highest BCUT2D eigenvalue weighted by molar-refractivity contribution is 14.0. The minimum atomic E-state index is -0.0830. The predicted octanol–water partition coefficient (Wildman–Crippen LogP) is 1.97. The van der Waals surface area contributed by atoms with Gasteiger partial charge in [-0.25, -0.2) is 4.99 Å². The zero-order valence-electron chi connectivity index (χ0n) is 13.9. The lowest BCUT2D eigenvalue weighted by Crippen LogP contribution is -2.45. The normalized spacial score (nSPS) is 12.2. The van der Waals surface area contributed by atoms with Crippen molar-refractivity contribution in [3.63, 3.8) is 0 Å². The summed E-state index contributed by atoms with van der Waals surface area (Å²) in [5, 5.41) is 7.66. The van der Waals surface area contributed by atoms with Gasteiger partial charge < -0.3 is 15.8 Å². The molecule has 0 aliphatic carbocycles. The summed E-state index contributed by atoms with van der Waals surface area (Å²) in [5.74, 6) is 0.459. The van der Waals surface area contributed by atoms with Gasteiger partial charge in [-0.2, -0.15) is 5.10 Å². The van der Waals surface area contributed by atoms with Crippen molar-refractivity contribution in [3.05, 3.63) is 17.0 Å². The fraction of sp³-hybridized carbons (Fsp3) is 0.714. The number of hydrogen-bond donors (Lipinski definition) is 2. The number of aliphatic imine (C=N–C) groups is 1. The molecule has 0 aromatic carbocycles. The van der Waals surface area contributed by atoms with Crippen molar-refractivity contribution < 1.29 is 4.74 Å². The largest absolute Gasteiger partial charge is 0.383 e. The lowest BCUT2D eigenvalue weighted by molar-refractivity contribution is 0.182. The van der Waals surface area contributed by atoms with E-state index >= 15 is 0 Å². The molecular formula is C14H28IN5O. The predicted molar refractivity (Wildman–Crippen MR) is 97.2 cm³/mol. The number of nitrogens with zero attached hydrogens (tertiary/aromatic N) is 3. The van der Waals surface area contributed by atoms with E-state index in [1.54, 1.807) is 7.11 Å². The molecule has 0 bridgehead atoms. The van der Waals surface area contributed by atoms with Crippen molar-refractivity contribution in [1.82, 2.24) is 15.1 Å². The lowest BCUT2D eigenvalue weighted by atomic mass is 10.1. The van der Waals surface area contributed by atoms with E-state index in [1.165, 1.54) is 0 Å². The molecule has 6 nitrogen and oxygen atoms in total. The van der Waals surface area contributed by atoms with Crippen molar-refractivity contribution >= 4 is 29.9 Å². The van der Waals surface area contributed by atoms with Gasteiger partial charge in [-0.15, -0.1) is 24.0 Å². The van der Waals surface area contributed by atoms with Gasteiger partial charge in [0.25, 0.3) is 0 Å². The Kier molecular flexibility index (Phi) is 8.23. The monoisotopic (exact) mass is 409 g/mol. The first-order chi connectivity index (χ1) is 9.24.